The Morgan fingerprint density at radius 2 is 2.25 bits per heavy atom. The van der Waals surface area contributed by atoms with Crippen LogP contribution >= 0.6 is 0 Å². The number of hydrogen-bond donors (Lipinski definition) is 0. The molecule has 1 fully saturated rings. The lowest BCUT2D eigenvalue weighted by Gasteiger charge is -2.24. The summed E-state index contributed by atoms with van der Waals surface area (Å²) in [7, 11) is 1.88. The standard InChI is InChI=1S/C18H22FN3O2/c1-21-13-14(12-20-21)16-7-4-10-22(16)18(23)9-5-11-24-17-8-3-2-6-15(17)19/h2-3,6,8,12-13,16H,4-5,7,9-11H2,1H3. The summed E-state index contributed by atoms with van der Waals surface area (Å²) in [6, 6.07) is 6.43. The molecule has 3 rings (SSSR count). The lowest BCUT2D eigenvalue weighted by molar-refractivity contribution is -0.132. The minimum Gasteiger partial charge on any atom is -0.491 e. The largest absolute Gasteiger partial charge is 0.491 e. The van der Waals surface area contributed by atoms with Crippen molar-refractivity contribution >= 4 is 5.91 Å². The number of aryl methyl sites for hydroxylation is 1. The van der Waals surface area contributed by atoms with Crippen LogP contribution in [-0.4, -0.2) is 33.7 Å². The Hall–Kier alpha value is -2.37. The summed E-state index contributed by atoms with van der Waals surface area (Å²) in [6.45, 7) is 1.12. The molecule has 1 aromatic heterocycles. The number of rotatable bonds is 6. The Morgan fingerprint density at radius 3 is 3.00 bits per heavy atom. The van der Waals surface area contributed by atoms with E-state index in [4.69, 9.17) is 4.74 Å². The molecule has 0 bridgehead atoms. The van der Waals surface area contributed by atoms with Gasteiger partial charge in [-0.05, 0) is 31.4 Å². The third-order valence-corrected chi connectivity index (χ3v) is 4.31. The van der Waals surface area contributed by atoms with E-state index < -0.39 is 0 Å². The van der Waals surface area contributed by atoms with E-state index in [1.54, 1.807) is 22.9 Å². The molecular formula is C18H22FN3O2. The SMILES string of the molecule is Cn1cc(C2CCCN2C(=O)CCCOc2ccccc2F)cn1. The summed E-state index contributed by atoms with van der Waals surface area (Å²) in [5.41, 5.74) is 1.09. The molecule has 1 unspecified atom stereocenters. The van der Waals surface area contributed by atoms with E-state index in [-0.39, 0.29) is 23.5 Å². The van der Waals surface area contributed by atoms with Crippen LogP contribution < -0.4 is 4.74 Å². The number of para-hydroxylation sites is 1. The fraction of sp³-hybridized carbons (Fsp3) is 0.444. The van der Waals surface area contributed by atoms with Gasteiger partial charge in [-0.3, -0.25) is 9.48 Å². The van der Waals surface area contributed by atoms with Gasteiger partial charge in [-0.25, -0.2) is 4.39 Å². The minimum absolute atomic E-state index is 0.124. The number of carbonyl (C=O) groups is 1. The molecule has 0 spiro atoms. The van der Waals surface area contributed by atoms with Gasteiger partial charge in [0.1, 0.15) is 0 Å². The average Bonchev–Trinajstić information content (AvgIpc) is 3.21. The van der Waals surface area contributed by atoms with Crippen molar-refractivity contribution in [1.82, 2.24) is 14.7 Å². The molecule has 2 aromatic rings. The number of nitrogens with zero attached hydrogens (tertiary/aromatic N) is 3. The Morgan fingerprint density at radius 1 is 1.42 bits per heavy atom. The maximum Gasteiger partial charge on any atom is 0.223 e. The Kier molecular flexibility index (Phi) is 5.13. The van der Waals surface area contributed by atoms with Crippen LogP contribution in [0.1, 0.15) is 37.3 Å². The number of carbonyl (C=O) groups excluding carboxylic acids is 1. The van der Waals surface area contributed by atoms with Crippen LogP contribution in [-0.2, 0) is 11.8 Å². The van der Waals surface area contributed by atoms with Crippen molar-refractivity contribution in [3.63, 3.8) is 0 Å². The minimum atomic E-state index is -0.375. The van der Waals surface area contributed by atoms with Crippen molar-refractivity contribution in [1.29, 1.82) is 0 Å². The van der Waals surface area contributed by atoms with Gasteiger partial charge >= 0.3 is 0 Å². The molecule has 1 aliphatic rings. The van der Waals surface area contributed by atoms with Crippen LogP contribution in [0.25, 0.3) is 0 Å². The van der Waals surface area contributed by atoms with Gasteiger partial charge in [-0.1, -0.05) is 12.1 Å². The van der Waals surface area contributed by atoms with Crippen molar-refractivity contribution in [3.8, 4) is 5.75 Å². The molecule has 128 valence electrons. The lowest BCUT2D eigenvalue weighted by atomic mass is 10.1. The van der Waals surface area contributed by atoms with E-state index in [0.29, 0.717) is 19.4 Å². The number of halogens is 1. The van der Waals surface area contributed by atoms with Gasteiger partial charge in [0, 0.05) is 31.8 Å². The zero-order valence-corrected chi connectivity index (χ0v) is 13.8. The zero-order chi connectivity index (χ0) is 16.9. The highest BCUT2D eigenvalue weighted by Crippen LogP contribution is 2.32. The first-order valence-corrected chi connectivity index (χ1v) is 8.30. The molecule has 1 saturated heterocycles. The van der Waals surface area contributed by atoms with Gasteiger partial charge in [-0.2, -0.15) is 5.10 Å². The first kappa shape index (κ1) is 16.5. The highest BCUT2D eigenvalue weighted by atomic mass is 19.1. The predicted octanol–water partition coefficient (Wildman–Crippen LogP) is 3.08. The second kappa shape index (κ2) is 7.47. The number of hydrogen-bond acceptors (Lipinski definition) is 3. The van der Waals surface area contributed by atoms with Gasteiger partial charge in [-0.15, -0.1) is 0 Å². The molecule has 1 aliphatic heterocycles. The lowest BCUT2D eigenvalue weighted by Crippen LogP contribution is -2.30. The smallest absolute Gasteiger partial charge is 0.223 e. The summed E-state index contributed by atoms with van der Waals surface area (Å²) in [5, 5.41) is 4.20. The van der Waals surface area contributed by atoms with Crippen LogP contribution in [0, 0.1) is 5.82 Å². The Labute approximate surface area is 141 Å². The van der Waals surface area contributed by atoms with Crippen LogP contribution in [0.4, 0.5) is 4.39 Å². The predicted molar refractivity (Wildman–Crippen MR) is 88.0 cm³/mol. The summed E-state index contributed by atoms with van der Waals surface area (Å²) >= 11 is 0. The molecule has 6 heteroatoms. The molecular weight excluding hydrogens is 309 g/mol. The molecule has 1 aromatic carbocycles. The Bertz CT molecular complexity index is 701. The van der Waals surface area contributed by atoms with Crippen LogP contribution in [0.5, 0.6) is 5.75 Å². The molecule has 24 heavy (non-hydrogen) atoms. The third kappa shape index (κ3) is 3.75. The van der Waals surface area contributed by atoms with Crippen LogP contribution in [0.2, 0.25) is 0 Å². The summed E-state index contributed by atoms with van der Waals surface area (Å²) < 4.78 is 20.6. The average molecular weight is 331 g/mol. The van der Waals surface area contributed by atoms with E-state index in [0.717, 1.165) is 24.9 Å². The van der Waals surface area contributed by atoms with Gasteiger partial charge in [0.05, 0.1) is 18.8 Å². The van der Waals surface area contributed by atoms with Gasteiger partial charge in [0.25, 0.3) is 0 Å². The molecule has 0 aliphatic carbocycles. The van der Waals surface area contributed by atoms with E-state index in [9.17, 15) is 9.18 Å². The van der Waals surface area contributed by atoms with E-state index >= 15 is 0 Å². The van der Waals surface area contributed by atoms with Crippen LogP contribution in [0.3, 0.4) is 0 Å². The number of likely N-dealkylation sites (tertiary alicyclic amines) is 1. The second-order valence-corrected chi connectivity index (χ2v) is 6.07. The topological polar surface area (TPSA) is 47.4 Å². The highest BCUT2D eigenvalue weighted by molar-refractivity contribution is 5.77. The zero-order valence-electron chi connectivity index (χ0n) is 13.8. The first-order valence-electron chi connectivity index (χ1n) is 8.30. The molecule has 0 saturated carbocycles. The van der Waals surface area contributed by atoms with E-state index in [1.165, 1.54) is 6.07 Å². The fourth-order valence-electron chi connectivity index (χ4n) is 3.13. The maximum absolute atomic E-state index is 13.5. The molecule has 1 atom stereocenters. The second-order valence-electron chi connectivity index (χ2n) is 6.07. The molecule has 1 amide bonds. The van der Waals surface area contributed by atoms with Crippen molar-refractivity contribution in [2.45, 2.75) is 31.7 Å². The number of ether oxygens (including phenoxy) is 1. The number of amides is 1. The van der Waals surface area contributed by atoms with Crippen molar-refractivity contribution in [2.24, 2.45) is 7.05 Å². The summed E-state index contributed by atoms with van der Waals surface area (Å²) in [5.74, 6) is -0.0159. The normalized spacial score (nSPS) is 17.2. The van der Waals surface area contributed by atoms with E-state index in [1.807, 2.05) is 24.3 Å². The Balaban J connectivity index is 1.49. The van der Waals surface area contributed by atoms with Gasteiger partial charge in [0.2, 0.25) is 5.91 Å². The quantitative estimate of drug-likeness (QED) is 0.764. The van der Waals surface area contributed by atoms with E-state index in [2.05, 4.69) is 5.10 Å². The third-order valence-electron chi connectivity index (χ3n) is 4.31. The highest BCUT2D eigenvalue weighted by Gasteiger charge is 2.30. The summed E-state index contributed by atoms with van der Waals surface area (Å²) in [6.07, 6.45) is 6.77. The van der Waals surface area contributed by atoms with Crippen molar-refractivity contribution in [2.75, 3.05) is 13.2 Å². The monoisotopic (exact) mass is 331 g/mol. The fourth-order valence-corrected chi connectivity index (χ4v) is 3.13. The number of benzene rings is 1. The van der Waals surface area contributed by atoms with Gasteiger partial charge < -0.3 is 9.64 Å². The van der Waals surface area contributed by atoms with Gasteiger partial charge in [0.15, 0.2) is 11.6 Å². The van der Waals surface area contributed by atoms with Crippen LogP contribution in [0.15, 0.2) is 36.7 Å². The summed E-state index contributed by atoms with van der Waals surface area (Å²) in [4.78, 5) is 14.4. The number of aromatic nitrogens is 2. The van der Waals surface area contributed by atoms with Crippen molar-refractivity contribution < 1.29 is 13.9 Å². The molecule has 0 N–H and O–H groups in total. The molecule has 2 heterocycles. The maximum atomic E-state index is 13.5. The van der Waals surface area contributed by atoms with Crippen molar-refractivity contribution in [3.05, 3.63) is 48.0 Å². The molecule has 5 nitrogen and oxygen atoms in total. The molecule has 0 radical (unpaired) electrons. The first-order chi connectivity index (χ1) is 11.6.